The second kappa shape index (κ2) is 18.1. The quantitative estimate of drug-likeness (QED) is 0.0676. The van der Waals surface area contributed by atoms with Gasteiger partial charge in [-0.3, -0.25) is 14.4 Å². The summed E-state index contributed by atoms with van der Waals surface area (Å²) < 4.78 is 30.4. The fourth-order valence-corrected chi connectivity index (χ4v) is 5.01. The molecule has 0 aromatic heterocycles. The largest absolute Gasteiger partial charge is 0.494 e. The van der Waals surface area contributed by atoms with E-state index in [1.165, 1.54) is 57.6 Å². The molecule has 2 N–H and O–H groups in total. The number of halogens is 1. The maximum absolute atomic E-state index is 13.5. The van der Waals surface area contributed by atoms with Crippen LogP contribution in [0.25, 0.3) is 0 Å². The van der Waals surface area contributed by atoms with E-state index in [4.69, 9.17) is 14.2 Å². The summed E-state index contributed by atoms with van der Waals surface area (Å²) >= 11 is 0. The summed E-state index contributed by atoms with van der Waals surface area (Å²) in [5, 5.41) is 5.40. The van der Waals surface area contributed by atoms with E-state index in [2.05, 4.69) is 17.6 Å². The third kappa shape index (κ3) is 11.0. The van der Waals surface area contributed by atoms with E-state index in [1.54, 1.807) is 60.7 Å². The molecule has 4 aromatic rings. The number of Topliss-reactive ketones (excluding diaryl/α,β-unsaturated/α-hetero) is 1. The van der Waals surface area contributed by atoms with Crippen molar-refractivity contribution in [2.24, 2.45) is 0 Å². The molecular formula is C39H41FN2O7. The van der Waals surface area contributed by atoms with E-state index < -0.39 is 29.6 Å². The summed E-state index contributed by atoms with van der Waals surface area (Å²) in [6, 6.07) is 22.2. The number of hydrogen-bond donors (Lipinski definition) is 2. The van der Waals surface area contributed by atoms with Gasteiger partial charge in [-0.2, -0.15) is 0 Å². The molecule has 49 heavy (non-hydrogen) atoms. The minimum Gasteiger partial charge on any atom is -0.494 e. The molecule has 0 aliphatic rings. The Kier molecular flexibility index (Phi) is 13.5. The lowest BCUT2D eigenvalue weighted by atomic mass is 10.0. The SMILES string of the molecule is CCCCCCCOc1ccc(C(=O)Oc2ccc(CC(NC(=O)c3cccc(NC(=O)c4cccc(F)c4)c3)C(C)=O)cc2OC)cc1. The third-order valence-corrected chi connectivity index (χ3v) is 7.74. The van der Waals surface area contributed by atoms with Gasteiger partial charge in [0, 0.05) is 16.8 Å². The Morgan fingerprint density at radius 1 is 0.755 bits per heavy atom. The molecule has 0 heterocycles. The minimum atomic E-state index is -0.881. The normalized spacial score (nSPS) is 11.3. The van der Waals surface area contributed by atoms with Crippen molar-refractivity contribution in [1.82, 2.24) is 5.32 Å². The molecule has 1 atom stereocenters. The lowest BCUT2D eigenvalue weighted by Crippen LogP contribution is -2.41. The fraction of sp³-hybridized carbons (Fsp3) is 0.282. The number of esters is 1. The Labute approximate surface area is 285 Å². The molecule has 0 saturated heterocycles. The Bertz CT molecular complexity index is 1760. The van der Waals surface area contributed by atoms with Gasteiger partial charge in [-0.05, 0) is 98.1 Å². The lowest BCUT2D eigenvalue weighted by molar-refractivity contribution is -0.118. The van der Waals surface area contributed by atoms with Crippen molar-refractivity contribution in [2.75, 3.05) is 19.0 Å². The van der Waals surface area contributed by atoms with Gasteiger partial charge in [-0.1, -0.05) is 50.8 Å². The summed E-state index contributed by atoms with van der Waals surface area (Å²) in [6.07, 6.45) is 5.86. The standard InChI is InChI=1S/C39H41FN2O7/c1-4-5-6-7-8-21-48-33-18-16-28(17-19-33)39(46)49-35-20-15-27(23-36(35)47-3)22-34(26(2)43)42-38(45)30-12-10-14-32(25-30)41-37(44)29-11-9-13-31(40)24-29/h9-20,23-25,34H,4-8,21-22H2,1-3H3,(H,41,44)(H,42,45). The molecule has 10 heteroatoms. The first-order valence-corrected chi connectivity index (χ1v) is 16.3. The zero-order valence-electron chi connectivity index (χ0n) is 27.9. The zero-order valence-corrected chi connectivity index (χ0v) is 27.9. The number of carbonyl (C=O) groups excluding carboxylic acids is 4. The van der Waals surface area contributed by atoms with Crippen LogP contribution in [0.3, 0.4) is 0 Å². The van der Waals surface area contributed by atoms with Crippen molar-refractivity contribution >= 4 is 29.3 Å². The molecule has 9 nitrogen and oxygen atoms in total. The Hall–Kier alpha value is -5.51. The van der Waals surface area contributed by atoms with Gasteiger partial charge < -0.3 is 24.8 Å². The maximum atomic E-state index is 13.5. The monoisotopic (exact) mass is 668 g/mol. The van der Waals surface area contributed by atoms with Crippen LogP contribution in [0, 0.1) is 5.82 Å². The number of ether oxygens (including phenoxy) is 3. The second-order valence-electron chi connectivity index (χ2n) is 11.5. The van der Waals surface area contributed by atoms with Gasteiger partial charge in [0.1, 0.15) is 11.6 Å². The second-order valence-corrected chi connectivity index (χ2v) is 11.5. The van der Waals surface area contributed by atoms with E-state index in [9.17, 15) is 23.6 Å². The van der Waals surface area contributed by atoms with Gasteiger partial charge in [-0.15, -0.1) is 0 Å². The topological polar surface area (TPSA) is 120 Å². The molecule has 4 aromatic carbocycles. The number of ketones is 1. The summed E-state index contributed by atoms with van der Waals surface area (Å²) in [5.41, 5.74) is 1.67. The van der Waals surface area contributed by atoms with E-state index in [0.717, 1.165) is 18.9 Å². The first kappa shape index (κ1) is 36.3. The smallest absolute Gasteiger partial charge is 0.343 e. The van der Waals surface area contributed by atoms with Gasteiger partial charge in [0.15, 0.2) is 17.3 Å². The van der Waals surface area contributed by atoms with Crippen molar-refractivity contribution in [1.29, 1.82) is 0 Å². The number of unbranched alkanes of at least 4 members (excludes halogenated alkanes) is 4. The first-order valence-electron chi connectivity index (χ1n) is 16.3. The van der Waals surface area contributed by atoms with Gasteiger partial charge >= 0.3 is 5.97 Å². The summed E-state index contributed by atoms with van der Waals surface area (Å²) in [4.78, 5) is 51.1. The molecule has 256 valence electrons. The van der Waals surface area contributed by atoms with E-state index in [0.29, 0.717) is 29.2 Å². The molecule has 0 fully saturated rings. The molecular weight excluding hydrogens is 627 g/mol. The molecule has 0 spiro atoms. The van der Waals surface area contributed by atoms with Crippen LogP contribution in [-0.4, -0.2) is 43.3 Å². The van der Waals surface area contributed by atoms with Gasteiger partial charge in [-0.25, -0.2) is 9.18 Å². The fourth-order valence-electron chi connectivity index (χ4n) is 5.01. The van der Waals surface area contributed by atoms with Crippen LogP contribution in [0.1, 0.15) is 82.6 Å². The summed E-state index contributed by atoms with van der Waals surface area (Å²) in [5.74, 6) is -1.28. The number of methoxy groups -OCH3 is 1. The molecule has 0 radical (unpaired) electrons. The highest BCUT2D eigenvalue weighted by Crippen LogP contribution is 2.30. The highest BCUT2D eigenvalue weighted by atomic mass is 19.1. The van der Waals surface area contributed by atoms with Gasteiger partial charge in [0.25, 0.3) is 11.8 Å². The Balaban J connectivity index is 1.35. The van der Waals surface area contributed by atoms with Crippen molar-refractivity contribution in [3.63, 3.8) is 0 Å². The van der Waals surface area contributed by atoms with E-state index in [-0.39, 0.29) is 34.8 Å². The molecule has 0 aliphatic heterocycles. The number of hydrogen-bond acceptors (Lipinski definition) is 7. The van der Waals surface area contributed by atoms with Crippen LogP contribution >= 0.6 is 0 Å². The van der Waals surface area contributed by atoms with Crippen LogP contribution in [0.4, 0.5) is 10.1 Å². The number of anilines is 1. The van der Waals surface area contributed by atoms with Crippen molar-refractivity contribution in [3.8, 4) is 17.2 Å². The molecule has 2 amide bonds. The summed E-state index contributed by atoms with van der Waals surface area (Å²) in [7, 11) is 1.44. The van der Waals surface area contributed by atoms with Gasteiger partial charge in [0.05, 0.1) is 25.3 Å². The van der Waals surface area contributed by atoms with Crippen LogP contribution in [0.5, 0.6) is 17.2 Å². The van der Waals surface area contributed by atoms with Crippen LogP contribution in [0.2, 0.25) is 0 Å². The number of carbonyl (C=O) groups is 4. The van der Waals surface area contributed by atoms with Crippen LogP contribution in [0.15, 0.2) is 91.0 Å². The van der Waals surface area contributed by atoms with Crippen molar-refractivity contribution in [3.05, 3.63) is 119 Å². The average Bonchev–Trinajstić information content (AvgIpc) is 3.10. The highest BCUT2D eigenvalue weighted by molar-refractivity contribution is 6.05. The third-order valence-electron chi connectivity index (χ3n) is 7.74. The number of rotatable bonds is 17. The predicted molar refractivity (Wildman–Crippen MR) is 185 cm³/mol. The minimum absolute atomic E-state index is 0.130. The van der Waals surface area contributed by atoms with E-state index in [1.807, 2.05) is 0 Å². The van der Waals surface area contributed by atoms with Crippen LogP contribution in [-0.2, 0) is 11.2 Å². The predicted octanol–water partition coefficient (Wildman–Crippen LogP) is 7.59. The number of benzene rings is 4. The Morgan fingerprint density at radius 3 is 2.16 bits per heavy atom. The number of amides is 2. The lowest BCUT2D eigenvalue weighted by Gasteiger charge is -2.18. The molecule has 1 unspecified atom stereocenters. The molecule has 0 bridgehead atoms. The maximum Gasteiger partial charge on any atom is 0.343 e. The van der Waals surface area contributed by atoms with E-state index >= 15 is 0 Å². The van der Waals surface area contributed by atoms with Gasteiger partial charge in [0.2, 0.25) is 0 Å². The number of nitrogens with one attached hydrogen (secondary N) is 2. The molecule has 4 rings (SSSR count). The van der Waals surface area contributed by atoms with Crippen molar-refractivity contribution < 1.29 is 37.8 Å². The Morgan fingerprint density at radius 2 is 1.47 bits per heavy atom. The molecule has 0 aliphatic carbocycles. The average molecular weight is 669 g/mol. The summed E-state index contributed by atoms with van der Waals surface area (Å²) in [6.45, 7) is 4.17. The highest BCUT2D eigenvalue weighted by Gasteiger charge is 2.21. The van der Waals surface area contributed by atoms with Crippen molar-refractivity contribution in [2.45, 2.75) is 58.4 Å². The molecule has 0 saturated carbocycles. The van der Waals surface area contributed by atoms with Crippen LogP contribution < -0.4 is 24.8 Å². The zero-order chi connectivity index (χ0) is 35.2. The first-order chi connectivity index (χ1) is 23.7.